The van der Waals surface area contributed by atoms with Crippen LogP contribution in [0.25, 0.3) is 0 Å². The molecule has 1 aromatic carbocycles. The molecule has 0 saturated carbocycles. The molecule has 0 aliphatic rings. The molecule has 1 unspecified atom stereocenters. The van der Waals surface area contributed by atoms with Gasteiger partial charge in [-0.05, 0) is 19.4 Å². The van der Waals surface area contributed by atoms with Gasteiger partial charge in [-0.1, -0.05) is 24.6 Å². The third kappa shape index (κ3) is 1.83. The summed E-state index contributed by atoms with van der Waals surface area (Å²) in [5.74, 6) is -0.199. The number of hydrogen-bond donors (Lipinski definition) is 1. The van der Waals surface area contributed by atoms with Crippen LogP contribution in [0.2, 0.25) is 0 Å². The zero-order valence-corrected chi connectivity index (χ0v) is 7.47. The molecule has 66 valence electrons. The molecule has 0 aliphatic carbocycles. The molecule has 0 aliphatic heterocycles. The van der Waals surface area contributed by atoms with E-state index in [1.54, 1.807) is 6.07 Å². The number of benzene rings is 1. The van der Waals surface area contributed by atoms with Gasteiger partial charge in [-0.15, -0.1) is 0 Å². The first kappa shape index (κ1) is 9.20. The molecule has 2 N–H and O–H groups in total. The summed E-state index contributed by atoms with van der Waals surface area (Å²) in [4.78, 5) is 0. The van der Waals surface area contributed by atoms with Crippen LogP contribution in [0.15, 0.2) is 18.2 Å². The summed E-state index contributed by atoms with van der Waals surface area (Å²) in [6.07, 6.45) is 0.764. The van der Waals surface area contributed by atoms with Gasteiger partial charge in [0, 0.05) is 11.6 Å². The van der Waals surface area contributed by atoms with Crippen molar-refractivity contribution >= 4 is 0 Å². The van der Waals surface area contributed by atoms with E-state index >= 15 is 0 Å². The zero-order chi connectivity index (χ0) is 9.14. The molecule has 0 bridgehead atoms. The zero-order valence-electron chi connectivity index (χ0n) is 7.47. The van der Waals surface area contributed by atoms with E-state index in [9.17, 15) is 4.39 Å². The molecule has 0 fully saturated rings. The average molecular weight is 167 g/mol. The highest BCUT2D eigenvalue weighted by Crippen LogP contribution is 2.18. The summed E-state index contributed by atoms with van der Waals surface area (Å²) >= 11 is 0. The molecule has 1 aromatic rings. The minimum atomic E-state index is -0.199. The molecule has 2 heteroatoms. The molecule has 0 spiro atoms. The number of aryl methyl sites for hydroxylation is 1. The fraction of sp³-hybridized carbons (Fsp3) is 0.400. The van der Waals surface area contributed by atoms with Crippen molar-refractivity contribution in [1.82, 2.24) is 0 Å². The topological polar surface area (TPSA) is 26.0 Å². The minimum absolute atomic E-state index is 0.176. The average Bonchev–Trinajstić information content (AvgIpc) is 2.08. The van der Waals surface area contributed by atoms with Gasteiger partial charge in [0.05, 0.1) is 0 Å². The molecule has 0 aromatic heterocycles. The Morgan fingerprint density at radius 2 is 2.17 bits per heavy atom. The third-order valence-electron chi connectivity index (χ3n) is 1.99. The molecule has 1 nitrogen and oxygen atoms in total. The largest absolute Gasteiger partial charge is 0.324 e. The van der Waals surface area contributed by atoms with E-state index in [1.807, 2.05) is 19.9 Å². The number of halogens is 1. The smallest absolute Gasteiger partial charge is 0.127 e. The fourth-order valence-corrected chi connectivity index (χ4v) is 1.17. The van der Waals surface area contributed by atoms with Gasteiger partial charge in [0.25, 0.3) is 0 Å². The monoisotopic (exact) mass is 167 g/mol. The van der Waals surface area contributed by atoms with E-state index in [0.717, 1.165) is 12.0 Å². The van der Waals surface area contributed by atoms with E-state index in [2.05, 4.69) is 0 Å². The second-order valence-electron chi connectivity index (χ2n) is 3.04. The first-order chi connectivity index (χ1) is 5.65. The van der Waals surface area contributed by atoms with Gasteiger partial charge >= 0.3 is 0 Å². The van der Waals surface area contributed by atoms with Crippen molar-refractivity contribution < 1.29 is 4.39 Å². The van der Waals surface area contributed by atoms with Gasteiger partial charge < -0.3 is 5.73 Å². The third-order valence-corrected chi connectivity index (χ3v) is 1.99. The van der Waals surface area contributed by atoms with Gasteiger partial charge in [-0.2, -0.15) is 0 Å². The van der Waals surface area contributed by atoms with Crippen molar-refractivity contribution in [3.63, 3.8) is 0 Å². The highest BCUT2D eigenvalue weighted by molar-refractivity contribution is 5.26. The van der Waals surface area contributed by atoms with Crippen molar-refractivity contribution in [2.45, 2.75) is 26.3 Å². The van der Waals surface area contributed by atoms with Crippen molar-refractivity contribution in [3.05, 3.63) is 35.1 Å². The predicted molar refractivity (Wildman–Crippen MR) is 48.4 cm³/mol. The summed E-state index contributed by atoms with van der Waals surface area (Å²) in [5.41, 5.74) is 7.40. The highest BCUT2D eigenvalue weighted by Gasteiger charge is 2.08. The number of rotatable bonds is 2. The van der Waals surface area contributed by atoms with Crippen LogP contribution < -0.4 is 5.73 Å². The van der Waals surface area contributed by atoms with E-state index in [4.69, 9.17) is 5.73 Å². The number of hydrogen-bond acceptors (Lipinski definition) is 1. The van der Waals surface area contributed by atoms with E-state index in [1.165, 1.54) is 6.07 Å². The maximum Gasteiger partial charge on any atom is 0.127 e. The summed E-state index contributed by atoms with van der Waals surface area (Å²) in [6, 6.07) is 4.86. The Bertz CT molecular complexity index is 271. The van der Waals surface area contributed by atoms with Crippen LogP contribution in [0.4, 0.5) is 4.39 Å². The lowest BCUT2D eigenvalue weighted by molar-refractivity contribution is 0.575. The minimum Gasteiger partial charge on any atom is -0.324 e. The molecule has 0 saturated heterocycles. The van der Waals surface area contributed by atoms with Gasteiger partial charge in [-0.25, -0.2) is 4.39 Å². The van der Waals surface area contributed by atoms with Crippen LogP contribution in [-0.2, 0) is 0 Å². The molecule has 12 heavy (non-hydrogen) atoms. The van der Waals surface area contributed by atoms with Crippen LogP contribution >= 0.6 is 0 Å². The molecule has 0 radical (unpaired) electrons. The Morgan fingerprint density at radius 1 is 1.50 bits per heavy atom. The molecule has 0 heterocycles. The first-order valence-electron chi connectivity index (χ1n) is 4.16. The van der Waals surface area contributed by atoms with E-state index < -0.39 is 0 Å². The van der Waals surface area contributed by atoms with Crippen molar-refractivity contribution in [2.75, 3.05) is 0 Å². The lowest BCUT2D eigenvalue weighted by Crippen LogP contribution is -2.10. The van der Waals surface area contributed by atoms with Gasteiger partial charge in [0.2, 0.25) is 0 Å². The summed E-state index contributed by atoms with van der Waals surface area (Å²) in [5, 5.41) is 0. The van der Waals surface area contributed by atoms with E-state index in [-0.39, 0.29) is 11.9 Å². The van der Waals surface area contributed by atoms with Crippen LogP contribution in [0.3, 0.4) is 0 Å². The summed E-state index contributed by atoms with van der Waals surface area (Å²) in [6.45, 7) is 3.89. The van der Waals surface area contributed by atoms with Crippen LogP contribution in [0.1, 0.15) is 30.5 Å². The Hall–Kier alpha value is -0.890. The highest BCUT2D eigenvalue weighted by atomic mass is 19.1. The Morgan fingerprint density at radius 3 is 2.75 bits per heavy atom. The fourth-order valence-electron chi connectivity index (χ4n) is 1.17. The van der Waals surface area contributed by atoms with E-state index in [0.29, 0.717) is 5.56 Å². The molecule has 0 amide bonds. The standard InChI is InChI=1S/C10H14FN/c1-3-10(12)8-6-7(2)4-5-9(8)11/h4-6,10H,3,12H2,1-2H3. The molecule has 1 rings (SSSR count). The maximum atomic E-state index is 13.1. The van der Waals surface area contributed by atoms with Gasteiger partial charge in [0.15, 0.2) is 0 Å². The Kier molecular flexibility index (Phi) is 2.82. The second kappa shape index (κ2) is 3.68. The summed E-state index contributed by atoms with van der Waals surface area (Å²) < 4.78 is 13.1. The molecule has 1 atom stereocenters. The SMILES string of the molecule is CCC(N)c1cc(C)ccc1F. The van der Waals surface area contributed by atoms with Crippen molar-refractivity contribution in [1.29, 1.82) is 0 Å². The lowest BCUT2D eigenvalue weighted by atomic mass is 10.0. The van der Waals surface area contributed by atoms with Gasteiger partial charge in [-0.3, -0.25) is 0 Å². The number of nitrogens with two attached hydrogens (primary N) is 1. The summed E-state index contributed by atoms with van der Waals surface area (Å²) in [7, 11) is 0. The second-order valence-corrected chi connectivity index (χ2v) is 3.04. The Labute approximate surface area is 72.4 Å². The van der Waals surface area contributed by atoms with Crippen molar-refractivity contribution in [2.24, 2.45) is 5.73 Å². The predicted octanol–water partition coefficient (Wildman–Crippen LogP) is 2.54. The van der Waals surface area contributed by atoms with Crippen molar-refractivity contribution in [3.8, 4) is 0 Å². The van der Waals surface area contributed by atoms with Crippen LogP contribution in [-0.4, -0.2) is 0 Å². The van der Waals surface area contributed by atoms with Gasteiger partial charge in [0.1, 0.15) is 5.82 Å². The first-order valence-corrected chi connectivity index (χ1v) is 4.16. The maximum absolute atomic E-state index is 13.1. The molecular formula is C10H14FN. The van der Waals surface area contributed by atoms with Crippen LogP contribution in [0, 0.1) is 12.7 Å². The quantitative estimate of drug-likeness (QED) is 0.719. The molecular weight excluding hydrogens is 153 g/mol. The lowest BCUT2D eigenvalue weighted by Gasteiger charge is -2.10. The normalized spacial score (nSPS) is 13.0. The Balaban J connectivity index is 3.04. The van der Waals surface area contributed by atoms with Crippen LogP contribution in [0.5, 0.6) is 0 Å².